The van der Waals surface area contributed by atoms with Crippen LogP contribution in [0.1, 0.15) is 32.3 Å². The Hall–Kier alpha value is -1.33. The van der Waals surface area contributed by atoms with Gasteiger partial charge >= 0.3 is 0 Å². The maximum atomic E-state index is 11.8. The summed E-state index contributed by atoms with van der Waals surface area (Å²) < 4.78 is 23.5. The number of sulfone groups is 1. The zero-order valence-corrected chi connectivity index (χ0v) is 15.9. The van der Waals surface area contributed by atoms with Gasteiger partial charge in [0.1, 0.15) is 15.0 Å². The number of hydrogen-bond donors (Lipinski definition) is 0. The van der Waals surface area contributed by atoms with Gasteiger partial charge in [0, 0.05) is 42.0 Å². The van der Waals surface area contributed by atoms with Gasteiger partial charge in [-0.05, 0) is 29.0 Å². The molecule has 0 spiro atoms. The molecule has 1 aromatic heterocycles. The van der Waals surface area contributed by atoms with Gasteiger partial charge in [0.15, 0.2) is 0 Å². The lowest BCUT2D eigenvalue weighted by molar-refractivity contribution is 0.445. The molecule has 1 aromatic carbocycles. The monoisotopic (exact) mass is 366 g/mol. The zero-order chi connectivity index (χ0) is 17.5. The van der Waals surface area contributed by atoms with Gasteiger partial charge in [-0.3, -0.25) is 0 Å². The predicted octanol–water partition coefficient (Wildman–Crippen LogP) is 3.88. The summed E-state index contributed by atoms with van der Waals surface area (Å²) >= 11 is 6.10. The van der Waals surface area contributed by atoms with Crippen molar-refractivity contribution in [3.05, 3.63) is 35.1 Å². The van der Waals surface area contributed by atoms with E-state index in [-0.39, 0.29) is 17.4 Å². The first kappa shape index (κ1) is 17.5. The van der Waals surface area contributed by atoms with Gasteiger partial charge < -0.3 is 4.90 Å². The molecule has 0 aliphatic carbocycles. The minimum absolute atomic E-state index is 0.218. The summed E-state index contributed by atoms with van der Waals surface area (Å²) in [6, 6.07) is 6.20. The Bertz CT molecular complexity index is 859. The van der Waals surface area contributed by atoms with Crippen LogP contribution in [0.25, 0.3) is 10.8 Å². The van der Waals surface area contributed by atoms with Crippen molar-refractivity contribution in [2.75, 3.05) is 29.5 Å². The van der Waals surface area contributed by atoms with Crippen LogP contribution in [0.4, 0.5) is 5.69 Å². The lowest BCUT2D eigenvalue weighted by atomic mass is 9.94. The summed E-state index contributed by atoms with van der Waals surface area (Å²) in [6.07, 6.45) is 1.83. The molecule has 24 heavy (non-hydrogen) atoms. The average Bonchev–Trinajstić information content (AvgIpc) is 2.49. The van der Waals surface area contributed by atoms with Crippen molar-refractivity contribution < 1.29 is 8.42 Å². The molecule has 0 N–H and O–H groups in total. The van der Waals surface area contributed by atoms with Crippen molar-refractivity contribution in [3.8, 4) is 0 Å². The van der Waals surface area contributed by atoms with Crippen LogP contribution in [0, 0.1) is 5.92 Å². The highest BCUT2D eigenvalue weighted by molar-refractivity contribution is 7.91. The summed E-state index contributed by atoms with van der Waals surface area (Å²) in [5, 5.41) is 2.71. The van der Waals surface area contributed by atoms with Crippen LogP contribution in [0.15, 0.2) is 24.4 Å². The van der Waals surface area contributed by atoms with Crippen molar-refractivity contribution in [2.24, 2.45) is 5.92 Å². The number of pyridine rings is 1. The Labute approximate surface area is 148 Å². The van der Waals surface area contributed by atoms with Crippen LogP contribution >= 0.6 is 11.6 Å². The number of hydrogen-bond acceptors (Lipinski definition) is 4. The molecule has 4 nitrogen and oxygen atoms in total. The van der Waals surface area contributed by atoms with E-state index in [0.29, 0.717) is 11.1 Å². The summed E-state index contributed by atoms with van der Waals surface area (Å²) in [6.45, 7) is 7.59. The minimum atomic E-state index is -2.91. The highest BCUT2D eigenvalue weighted by Gasteiger charge is 2.31. The molecule has 3 rings (SSSR count). The molecular formula is C18H23ClN2O2S. The molecular weight excluding hydrogens is 344 g/mol. The third-order valence-corrected chi connectivity index (χ3v) is 6.79. The Morgan fingerprint density at radius 3 is 2.62 bits per heavy atom. The van der Waals surface area contributed by atoms with Gasteiger partial charge in [0.25, 0.3) is 0 Å². The van der Waals surface area contributed by atoms with Crippen LogP contribution in [0.2, 0.25) is 5.15 Å². The fourth-order valence-corrected chi connectivity index (χ4v) is 4.67. The molecule has 130 valence electrons. The summed E-state index contributed by atoms with van der Waals surface area (Å²) in [5.74, 6) is 1.12. The lowest BCUT2D eigenvalue weighted by Gasteiger charge is -2.41. The fraction of sp³-hybridized carbons (Fsp3) is 0.500. The molecule has 1 saturated heterocycles. The third-order valence-electron chi connectivity index (χ3n) is 4.73. The van der Waals surface area contributed by atoms with Crippen molar-refractivity contribution in [3.63, 3.8) is 0 Å². The molecule has 0 saturated carbocycles. The van der Waals surface area contributed by atoms with E-state index in [4.69, 9.17) is 11.6 Å². The van der Waals surface area contributed by atoms with Gasteiger partial charge in [-0.2, -0.15) is 0 Å². The molecule has 0 amide bonds. The van der Waals surface area contributed by atoms with Crippen molar-refractivity contribution >= 4 is 37.9 Å². The standard InChI is InChI=1S/C18H23ClN2O2S/c1-4-24(22,23)11-13-9-21(10-13)17-6-5-14(12(2)3)15-7-18(19)20-8-16(15)17/h5-8,12-13H,4,9-11H2,1-3H3. The molecule has 1 aliphatic rings. The second kappa shape index (κ2) is 6.52. The summed E-state index contributed by atoms with van der Waals surface area (Å²) in [7, 11) is -2.91. The fourth-order valence-electron chi connectivity index (χ4n) is 3.35. The van der Waals surface area contributed by atoms with Gasteiger partial charge in [-0.1, -0.05) is 38.4 Å². The van der Waals surface area contributed by atoms with Crippen LogP contribution in [-0.4, -0.2) is 38.0 Å². The van der Waals surface area contributed by atoms with Crippen LogP contribution in [-0.2, 0) is 9.84 Å². The highest BCUT2D eigenvalue weighted by atomic mass is 35.5. The second-order valence-corrected chi connectivity index (χ2v) is 9.64. The smallest absolute Gasteiger partial charge is 0.150 e. The van der Waals surface area contributed by atoms with Crippen molar-refractivity contribution in [2.45, 2.75) is 26.7 Å². The molecule has 0 unspecified atom stereocenters. The highest BCUT2D eigenvalue weighted by Crippen LogP contribution is 2.36. The summed E-state index contributed by atoms with van der Waals surface area (Å²) in [5.41, 5.74) is 2.37. The minimum Gasteiger partial charge on any atom is -0.370 e. The van der Waals surface area contributed by atoms with Crippen LogP contribution in [0.5, 0.6) is 0 Å². The van der Waals surface area contributed by atoms with Crippen LogP contribution < -0.4 is 4.90 Å². The van der Waals surface area contributed by atoms with Crippen molar-refractivity contribution in [1.82, 2.24) is 4.98 Å². The molecule has 6 heteroatoms. The van der Waals surface area contributed by atoms with E-state index in [1.54, 1.807) is 6.92 Å². The van der Waals surface area contributed by atoms with E-state index in [9.17, 15) is 8.42 Å². The zero-order valence-electron chi connectivity index (χ0n) is 14.3. The first-order valence-corrected chi connectivity index (χ1v) is 10.5. The molecule has 0 atom stereocenters. The van der Waals surface area contributed by atoms with E-state index >= 15 is 0 Å². The van der Waals surface area contributed by atoms with Crippen LogP contribution in [0.3, 0.4) is 0 Å². The van der Waals surface area contributed by atoms with Gasteiger partial charge in [0.2, 0.25) is 0 Å². The number of benzene rings is 1. The maximum absolute atomic E-state index is 11.8. The van der Waals surface area contributed by atoms with Gasteiger partial charge in [0.05, 0.1) is 5.75 Å². The predicted molar refractivity (Wildman–Crippen MR) is 101 cm³/mol. The number of halogens is 1. The molecule has 1 aliphatic heterocycles. The molecule has 1 fully saturated rings. The first-order valence-electron chi connectivity index (χ1n) is 8.34. The summed E-state index contributed by atoms with van der Waals surface area (Å²) in [4.78, 5) is 6.48. The van der Waals surface area contributed by atoms with E-state index in [1.165, 1.54) is 5.56 Å². The van der Waals surface area contributed by atoms with E-state index < -0.39 is 9.84 Å². The number of aromatic nitrogens is 1. The van der Waals surface area contributed by atoms with E-state index in [0.717, 1.165) is 29.5 Å². The Morgan fingerprint density at radius 2 is 2.00 bits per heavy atom. The number of nitrogens with zero attached hydrogens (tertiary/aromatic N) is 2. The van der Waals surface area contributed by atoms with E-state index in [1.807, 2.05) is 12.3 Å². The quantitative estimate of drug-likeness (QED) is 0.753. The van der Waals surface area contributed by atoms with E-state index in [2.05, 4.69) is 35.9 Å². The van der Waals surface area contributed by atoms with Crippen molar-refractivity contribution in [1.29, 1.82) is 0 Å². The molecule has 0 radical (unpaired) electrons. The molecule has 2 heterocycles. The number of fused-ring (bicyclic) bond motifs is 1. The molecule has 2 aromatic rings. The second-order valence-electron chi connectivity index (χ2n) is 6.85. The topological polar surface area (TPSA) is 50.3 Å². The SMILES string of the molecule is CCS(=O)(=O)CC1CN(c2ccc(C(C)C)c3cc(Cl)ncc23)C1. The lowest BCUT2D eigenvalue weighted by Crippen LogP contribution is -2.49. The normalized spacial score (nSPS) is 16.0. The van der Waals surface area contributed by atoms with Gasteiger partial charge in [-0.15, -0.1) is 0 Å². The first-order chi connectivity index (χ1) is 11.3. The number of rotatable bonds is 5. The average molecular weight is 367 g/mol. The maximum Gasteiger partial charge on any atom is 0.150 e. The third kappa shape index (κ3) is 3.38. The Morgan fingerprint density at radius 1 is 1.29 bits per heavy atom. The molecule has 0 bridgehead atoms. The Balaban J connectivity index is 1.89. The Kier molecular flexibility index (Phi) is 4.76. The van der Waals surface area contributed by atoms with Gasteiger partial charge in [-0.25, -0.2) is 13.4 Å². The largest absolute Gasteiger partial charge is 0.370 e. The number of anilines is 1.